The second-order valence-electron chi connectivity index (χ2n) is 1.97. The van der Waals surface area contributed by atoms with Gasteiger partial charge in [-0.2, -0.15) is 0 Å². The Labute approximate surface area is 67.8 Å². The molecule has 0 bridgehead atoms. The van der Waals surface area contributed by atoms with Crippen molar-refractivity contribution < 1.29 is 15.0 Å². The first-order chi connectivity index (χ1) is 5.11. The van der Waals surface area contributed by atoms with Crippen LogP contribution in [0.25, 0.3) is 0 Å². The average molecular weight is 173 g/mol. The molecule has 0 radical (unpaired) electrons. The fourth-order valence-corrected chi connectivity index (χ4v) is 0.763. The van der Waals surface area contributed by atoms with Crippen molar-refractivity contribution in [3.63, 3.8) is 0 Å². The average Bonchev–Trinajstić information content (AvgIpc) is 1.94. The highest BCUT2D eigenvalue weighted by atomic mass is 35.5. The minimum atomic E-state index is -1.09. The molecule has 0 aliphatic rings. The van der Waals surface area contributed by atoms with Crippen LogP contribution in [0, 0.1) is 0 Å². The summed E-state index contributed by atoms with van der Waals surface area (Å²) in [5.41, 5.74) is 0.0203. The standard InChI is InChI=1S/C7H5ClO3/c8-5-2-1-4(7(10)11)3-6(5)9/h1-3,9H,(H,10,11). The Morgan fingerprint density at radius 2 is 2.09 bits per heavy atom. The van der Waals surface area contributed by atoms with Gasteiger partial charge in [0.2, 0.25) is 0 Å². The maximum Gasteiger partial charge on any atom is 0.335 e. The van der Waals surface area contributed by atoms with E-state index in [1.807, 2.05) is 0 Å². The smallest absolute Gasteiger partial charge is 0.335 e. The summed E-state index contributed by atoms with van der Waals surface area (Å²) < 4.78 is 0. The minimum absolute atomic E-state index is 0.0203. The lowest BCUT2D eigenvalue weighted by atomic mass is 10.2. The van der Waals surface area contributed by atoms with Crippen molar-refractivity contribution in [1.82, 2.24) is 0 Å². The van der Waals surface area contributed by atoms with Crippen molar-refractivity contribution in [2.45, 2.75) is 0 Å². The van der Waals surface area contributed by atoms with Gasteiger partial charge in [0.05, 0.1) is 10.6 Å². The van der Waals surface area contributed by atoms with Gasteiger partial charge in [0.25, 0.3) is 0 Å². The van der Waals surface area contributed by atoms with Crippen LogP contribution in [-0.4, -0.2) is 16.2 Å². The Morgan fingerprint density at radius 1 is 1.45 bits per heavy atom. The van der Waals surface area contributed by atoms with E-state index in [-0.39, 0.29) is 16.3 Å². The number of carbonyl (C=O) groups is 1. The zero-order chi connectivity index (χ0) is 8.43. The molecule has 4 heteroatoms. The summed E-state index contributed by atoms with van der Waals surface area (Å²) in [5.74, 6) is -1.30. The Kier molecular flexibility index (Phi) is 2.01. The van der Waals surface area contributed by atoms with E-state index in [9.17, 15) is 4.79 Å². The number of carboxylic acids is 1. The van der Waals surface area contributed by atoms with Crippen molar-refractivity contribution in [1.29, 1.82) is 0 Å². The molecule has 0 amide bonds. The summed E-state index contributed by atoms with van der Waals surface area (Å²) in [4.78, 5) is 10.3. The number of phenolic OH excluding ortho intramolecular Hbond substituents is 1. The van der Waals surface area contributed by atoms with E-state index < -0.39 is 5.97 Å². The van der Waals surface area contributed by atoms with Crippen LogP contribution in [0.5, 0.6) is 5.75 Å². The van der Waals surface area contributed by atoms with Gasteiger partial charge in [0.1, 0.15) is 5.75 Å². The van der Waals surface area contributed by atoms with Gasteiger partial charge in [-0.05, 0) is 18.2 Å². The molecule has 0 heterocycles. The molecular formula is C7H5ClO3. The molecule has 11 heavy (non-hydrogen) atoms. The fourth-order valence-electron chi connectivity index (χ4n) is 0.646. The number of hydrogen-bond donors (Lipinski definition) is 2. The molecule has 0 saturated heterocycles. The largest absolute Gasteiger partial charge is 0.506 e. The molecule has 0 aliphatic heterocycles. The SMILES string of the molecule is O=C(O)c1ccc(Cl)c(O)c1. The van der Waals surface area contributed by atoms with Crippen LogP contribution in [0.2, 0.25) is 5.02 Å². The Balaban J connectivity index is 3.15. The number of phenols is 1. The van der Waals surface area contributed by atoms with E-state index in [0.717, 1.165) is 6.07 Å². The molecule has 0 unspecified atom stereocenters. The monoisotopic (exact) mass is 172 g/mol. The first-order valence-electron chi connectivity index (χ1n) is 2.83. The van der Waals surface area contributed by atoms with Gasteiger partial charge in [-0.3, -0.25) is 0 Å². The number of aromatic hydroxyl groups is 1. The van der Waals surface area contributed by atoms with E-state index in [1.54, 1.807) is 0 Å². The molecule has 2 N–H and O–H groups in total. The Morgan fingerprint density at radius 3 is 2.55 bits per heavy atom. The van der Waals surface area contributed by atoms with E-state index in [1.165, 1.54) is 12.1 Å². The zero-order valence-electron chi connectivity index (χ0n) is 5.41. The van der Waals surface area contributed by atoms with Crippen molar-refractivity contribution in [2.24, 2.45) is 0 Å². The molecular weight excluding hydrogens is 168 g/mol. The van der Waals surface area contributed by atoms with Crippen LogP contribution in [0.4, 0.5) is 0 Å². The van der Waals surface area contributed by atoms with Crippen molar-refractivity contribution in [2.75, 3.05) is 0 Å². The second kappa shape index (κ2) is 2.80. The van der Waals surface area contributed by atoms with Gasteiger partial charge in [-0.15, -0.1) is 0 Å². The highest BCUT2D eigenvalue weighted by molar-refractivity contribution is 6.32. The highest BCUT2D eigenvalue weighted by Gasteiger charge is 2.04. The second-order valence-corrected chi connectivity index (χ2v) is 2.38. The summed E-state index contributed by atoms with van der Waals surface area (Å²) >= 11 is 5.44. The number of aromatic carboxylic acids is 1. The quantitative estimate of drug-likeness (QED) is 0.679. The number of benzene rings is 1. The summed E-state index contributed by atoms with van der Waals surface area (Å²) in [6.45, 7) is 0. The van der Waals surface area contributed by atoms with Crippen LogP contribution in [0.15, 0.2) is 18.2 Å². The summed E-state index contributed by atoms with van der Waals surface area (Å²) in [6.07, 6.45) is 0. The predicted molar refractivity (Wildman–Crippen MR) is 40.1 cm³/mol. The molecule has 3 nitrogen and oxygen atoms in total. The molecule has 1 rings (SSSR count). The zero-order valence-corrected chi connectivity index (χ0v) is 6.17. The molecule has 0 fully saturated rings. The first kappa shape index (κ1) is 7.88. The normalized spacial score (nSPS) is 9.55. The third-order valence-corrected chi connectivity index (χ3v) is 1.51. The van der Waals surface area contributed by atoms with E-state index in [4.69, 9.17) is 21.8 Å². The molecule has 0 saturated carbocycles. The molecule has 0 aliphatic carbocycles. The number of hydrogen-bond acceptors (Lipinski definition) is 2. The van der Waals surface area contributed by atoms with E-state index in [2.05, 4.69) is 0 Å². The molecule has 0 atom stereocenters. The minimum Gasteiger partial charge on any atom is -0.506 e. The third kappa shape index (κ3) is 1.62. The number of rotatable bonds is 1. The lowest BCUT2D eigenvalue weighted by Gasteiger charge is -1.96. The van der Waals surface area contributed by atoms with Gasteiger partial charge < -0.3 is 10.2 Å². The van der Waals surface area contributed by atoms with Gasteiger partial charge in [0.15, 0.2) is 0 Å². The van der Waals surface area contributed by atoms with Crippen LogP contribution < -0.4 is 0 Å². The van der Waals surface area contributed by atoms with Crippen LogP contribution >= 0.6 is 11.6 Å². The maximum absolute atomic E-state index is 10.3. The summed E-state index contributed by atoms with van der Waals surface area (Å²) in [7, 11) is 0. The molecule has 1 aromatic carbocycles. The van der Waals surface area contributed by atoms with Gasteiger partial charge in [-0.1, -0.05) is 11.6 Å². The van der Waals surface area contributed by atoms with Gasteiger partial charge in [0, 0.05) is 0 Å². The maximum atomic E-state index is 10.3. The van der Waals surface area contributed by atoms with Crippen molar-refractivity contribution in [3.05, 3.63) is 28.8 Å². The summed E-state index contributed by atoms with van der Waals surface area (Å²) in [5, 5.41) is 17.5. The Hall–Kier alpha value is -1.22. The molecule has 58 valence electrons. The van der Waals surface area contributed by atoms with E-state index >= 15 is 0 Å². The highest BCUT2D eigenvalue weighted by Crippen LogP contribution is 2.23. The summed E-state index contributed by atoms with van der Waals surface area (Å²) in [6, 6.07) is 3.76. The predicted octanol–water partition coefficient (Wildman–Crippen LogP) is 1.74. The van der Waals surface area contributed by atoms with Crippen LogP contribution in [0.1, 0.15) is 10.4 Å². The lowest BCUT2D eigenvalue weighted by molar-refractivity contribution is 0.0696. The first-order valence-corrected chi connectivity index (χ1v) is 3.21. The Bertz CT molecular complexity index is 296. The lowest BCUT2D eigenvalue weighted by Crippen LogP contribution is -1.94. The molecule has 0 spiro atoms. The third-order valence-electron chi connectivity index (χ3n) is 1.19. The number of carboxylic acid groups (broad SMARTS) is 1. The number of halogens is 1. The molecule has 1 aromatic rings. The van der Waals surface area contributed by atoms with Gasteiger partial charge in [-0.25, -0.2) is 4.79 Å². The van der Waals surface area contributed by atoms with Crippen LogP contribution in [-0.2, 0) is 0 Å². The van der Waals surface area contributed by atoms with Crippen LogP contribution in [0.3, 0.4) is 0 Å². The van der Waals surface area contributed by atoms with Crippen molar-refractivity contribution >= 4 is 17.6 Å². The van der Waals surface area contributed by atoms with Gasteiger partial charge >= 0.3 is 5.97 Å². The van der Waals surface area contributed by atoms with Crippen molar-refractivity contribution in [3.8, 4) is 5.75 Å². The van der Waals surface area contributed by atoms with E-state index in [0.29, 0.717) is 0 Å². The fraction of sp³-hybridized carbons (Fsp3) is 0. The topological polar surface area (TPSA) is 57.5 Å². The molecule has 0 aromatic heterocycles.